The molecule has 2 heterocycles. The van der Waals surface area contributed by atoms with E-state index >= 15 is 0 Å². The highest BCUT2D eigenvalue weighted by Gasteiger charge is 2.12. The average Bonchev–Trinajstić information content (AvgIpc) is 2.74. The Labute approximate surface area is 170 Å². The van der Waals surface area contributed by atoms with Crippen molar-refractivity contribution in [2.45, 2.75) is 32.4 Å². The molecule has 3 rings (SSSR count). The van der Waals surface area contributed by atoms with Crippen LogP contribution < -0.4 is 16.6 Å². The Morgan fingerprint density at radius 2 is 1.76 bits per heavy atom. The minimum atomic E-state index is -0.427. The fourth-order valence-electron chi connectivity index (χ4n) is 3.60. The van der Waals surface area contributed by atoms with Crippen LogP contribution in [0.1, 0.15) is 36.0 Å². The maximum atomic E-state index is 12.3. The van der Waals surface area contributed by atoms with E-state index in [1.54, 1.807) is 7.05 Å². The van der Waals surface area contributed by atoms with Crippen LogP contribution in [-0.4, -0.2) is 33.0 Å². The minimum absolute atomic E-state index is 0.284. The zero-order valence-corrected chi connectivity index (χ0v) is 17.1. The number of hydrogen-bond acceptors (Lipinski definition) is 4. The molecule has 1 fully saturated rings. The number of likely N-dealkylation sites (tertiary alicyclic amines) is 1. The molecule has 1 N–H and O–H groups in total. The third-order valence-corrected chi connectivity index (χ3v) is 5.30. The number of aromatic nitrogens is 2. The first kappa shape index (κ1) is 20.8. The second-order valence-corrected chi connectivity index (χ2v) is 7.50. The highest BCUT2D eigenvalue weighted by Crippen LogP contribution is 2.16. The number of benzene rings is 1. The molecule has 1 aliphatic rings. The fraction of sp³-hybridized carbons (Fsp3) is 0.409. The zero-order valence-electron chi connectivity index (χ0n) is 17.1. The lowest BCUT2D eigenvalue weighted by molar-refractivity contribution is -0.116. The lowest BCUT2D eigenvalue weighted by Gasteiger charge is -2.27. The Hall–Kier alpha value is -2.93. The molecule has 154 valence electrons. The van der Waals surface area contributed by atoms with Crippen LogP contribution in [0.15, 0.2) is 46.1 Å². The quantitative estimate of drug-likeness (QED) is 0.749. The third-order valence-electron chi connectivity index (χ3n) is 5.30. The Morgan fingerprint density at radius 3 is 2.48 bits per heavy atom. The third kappa shape index (κ3) is 5.32. The topological polar surface area (TPSA) is 76.3 Å². The number of piperidine rings is 1. The molecule has 7 nitrogen and oxygen atoms in total. The molecule has 0 bridgehead atoms. The smallest absolute Gasteiger partial charge is 0.330 e. The summed E-state index contributed by atoms with van der Waals surface area (Å²) in [6, 6.07) is 8.15. The molecule has 2 aromatic rings. The summed E-state index contributed by atoms with van der Waals surface area (Å²) in [5, 5.41) is 2.89. The van der Waals surface area contributed by atoms with Gasteiger partial charge in [0.25, 0.3) is 5.56 Å². The molecule has 7 heteroatoms. The van der Waals surface area contributed by atoms with E-state index in [-0.39, 0.29) is 11.5 Å². The van der Waals surface area contributed by atoms with Gasteiger partial charge in [-0.25, -0.2) is 4.79 Å². The number of nitrogens with zero attached hydrogens (tertiary/aromatic N) is 3. The first-order valence-electron chi connectivity index (χ1n) is 9.97. The highest BCUT2D eigenvalue weighted by atomic mass is 16.2. The van der Waals surface area contributed by atoms with Gasteiger partial charge in [-0.05, 0) is 43.1 Å². The number of nitrogens with one attached hydrogen (secondary N) is 1. The summed E-state index contributed by atoms with van der Waals surface area (Å²) in [5.41, 5.74) is 1.78. The molecule has 0 radical (unpaired) electrons. The second-order valence-electron chi connectivity index (χ2n) is 7.50. The first-order chi connectivity index (χ1) is 14.0. The van der Waals surface area contributed by atoms with E-state index in [0.717, 1.165) is 29.8 Å². The van der Waals surface area contributed by atoms with Crippen LogP contribution >= 0.6 is 0 Å². The van der Waals surface area contributed by atoms with E-state index in [9.17, 15) is 14.4 Å². The van der Waals surface area contributed by atoms with Gasteiger partial charge in [0.05, 0.1) is 5.56 Å². The molecular weight excluding hydrogens is 368 g/mol. The largest absolute Gasteiger partial charge is 0.348 e. The second kappa shape index (κ2) is 9.52. The van der Waals surface area contributed by atoms with Crippen molar-refractivity contribution in [1.29, 1.82) is 0 Å². The lowest BCUT2D eigenvalue weighted by Crippen LogP contribution is -2.37. The van der Waals surface area contributed by atoms with Crippen LogP contribution in [0.2, 0.25) is 0 Å². The van der Waals surface area contributed by atoms with Crippen LogP contribution in [-0.2, 0) is 32.0 Å². The summed E-state index contributed by atoms with van der Waals surface area (Å²) in [6.07, 6.45) is 8.00. The molecule has 1 amide bonds. The van der Waals surface area contributed by atoms with Gasteiger partial charge in [0.1, 0.15) is 0 Å². The van der Waals surface area contributed by atoms with Gasteiger partial charge in [-0.2, -0.15) is 0 Å². The van der Waals surface area contributed by atoms with Gasteiger partial charge in [0.2, 0.25) is 5.91 Å². The predicted octanol–water partition coefficient (Wildman–Crippen LogP) is 1.40. The van der Waals surface area contributed by atoms with Crippen molar-refractivity contribution in [2.75, 3.05) is 13.1 Å². The van der Waals surface area contributed by atoms with Crippen LogP contribution in [0.5, 0.6) is 0 Å². The van der Waals surface area contributed by atoms with Gasteiger partial charge in [0.15, 0.2) is 0 Å². The van der Waals surface area contributed by atoms with Crippen molar-refractivity contribution >= 4 is 12.0 Å². The molecular formula is C22H28N4O3. The minimum Gasteiger partial charge on any atom is -0.348 e. The molecule has 1 aliphatic heterocycles. The Kier molecular flexibility index (Phi) is 6.82. The molecule has 29 heavy (non-hydrogen) atoms. The van der Waals surface area contributed by atoms with Crippen molar-refractivity contribution in [3.05, 3.63) is 74.1 Å². The van der Waals surface area contributed by atoms with Gasteiger partial charge < -0.3 is 9.88 Å². The maximum Gasteiger partial charge on any atom is 0.330 e. The monoisotopic (exact) mass is 396 g/mol. The number of carbonyl (C=O) groups excluding carboxylic acids is 1. The number of amides is 1. The van der Waals surface area contributed by atoms with E-state index in [1.165, 1.54) is 54.8 Å². The van der Waals surface area contributed by atoms with Crippen LogP contribution in [0.4, 0.5) is 0 Å². The number of carbonyl (C=O) groups is 1. The van der Waals surface area contributed by atoms with E-state index in [0.29, 0.717) is 6.54 Å². The van der Waals surface area contributed by atoms with Crippen LogP contribution in [0, 0.1) is 0 Å². The Balaban J connectivity index is 1.63. The van der Waals surface area contributed by atoms with E-state index in [2.05, 4.69) is 16.3 Å². The standard InChI is InChI=1S/C22H28N4O3/c1-24-15-19(21(28)25(2)22(24)29)10-11-20(27)23-14-17-8-4-5-9-18(17)16-26-12-6-3-7-13-26/h4-5,8-11,15H,3,6-7,12-14,16H2,1-2H3,(H,23,27)/b11-10+. The molecule has 0 saturated carbocycles. The maximum absolute atomic E-state index is 12.3. The molecule has 0 atom stereocenters. The van der Waals surface area contributed by atoms with E-state index in [4.69, 9.17) is 0 Å². The van der Waals surface area contributed by atoms with Gasteiger partial charge in [-0.15, -0.1) is 0 Å². The summed E-state index contributed by atoms with van der Waals surface area (Å²) in [4.78, 5) is 38.6. The fourth-order valence-corrected chi connectivity index (χ4v) is 3.60. The Bertz CT molecular complexity index is 1010. The Morgan fingerprint density at radius 1 is 1.07 bits per heavy atom. The van der Waals surface area contributed by atoms with Gasteiger partial charge in [0, 0.05) is 39.5 Å². The SMILES string of the molecule is Cn1cc(/C=C/C(=O)NCc2ccccc2CN2CCCCC2)c(=O)n(C)c1=O. The van der Waals surface area contributed by atoms with Crippen molar-refractivity contribution in [3.63, 3.8) is 0 Å². The van der Waals surface area contributed by atoms with Crippen molar-refractivity contribution < 1.29 is 4.79 Å². The van der Waals surface area contributed by atoms with Crippen molar-refractivity contribution in [2.24, 2.45) is 14.1 Å². The van der Waals surface area contributed by atoms with Crippen LogP contribution in [0.3, 0.4) is 0 Å². The van der Waals surface area contributed by atoms with Gasteiger partial charge >= 0.3 is 5.69 Å². The number of hydrogen-bond donors (Lipinski definition) is 1. The summed E-state index contributed by atoms with van der Waals surface area (Å²) in [6.45, 7) is 3.57. The summed E-state index contributed by atoms with van der Waals surface area (Å²) >= 11 is 0. The molecule has 0 unspecified atom stereocenters. The number of rotatable bonds is 6. The molecule has 0 spiro atoms. The summed E-state index contributed by atoms with van der Waals surface area (Å²) < 4.78 is 2.34. The molecule has 0 aliphatic carbocycles. The van der Waals surface area contributed by atoms with Crippen LogP contribution in [0.25, 0.3) is 6.08 Å². The van der Waals surface area contributed by atoms with Gasteiger partial charge in [-0.3, -0.25) is 19.1 Å². The zero-order chi connectivity index (χ0) is 20.8. The molecule has 1 aromatic carbocycles. The molecule has 1 aromatic heterocycles. The highest BCUT2D eigenvalue weighted by molar-refractivity contribution is 5.91. The normalized spacial score (nSPS) is 15.0. The predicted molar refractivity (Wildman–Crippen MR) is 113 cm³/mol. The van der Waals surface area contributed by atoms with Crippen molar-refractivity contribution in [3.8, 4) is 0 Å². The number of aryl methyl sites for hydroxylation is 1. The summed E-state index contributed by atoms with van der Waals surface area (Å²) in [5.74, 6) is -0.284. The summed E-state index contributed by atoms with van der Waals surface area (Å²) in [7, 11) is 2.99. The average molecular weight is 396 g/mol. The first-order valence-corrected chi connectivity index (χ1v) is 9.97. The van der Waals surface area contributed by atoms with E-state index in [1.807, 2.05) is 18.2 Å². The lowest BCUT2D eigenvalue weighted by atomic mass is 10.0. The van der Waals surface area contributed by atoms with E-state index < -0.39 is 11.2 Å². The van der Waals surface area contributed by atoms with Gasteiger partial charge in [-0.1, -0.05) is 30.7 Å². The van der Waals surface area contributed by atoms with Crippen molar-refractivity contribution in [1.82, 2.24) is 19.4 Å². The molecule has 1 saturated heterocycles.